The number of amides is 1. The van der Waals surface area contributed by atoms with Crippen molar-refractivity contribution in [1.29, 1.82) is 0 Å². The molecule has 0 aromatic carbocycles. The minimum Gasteiger partial charge on any atom is -0.394 e. The number of carbonyl (C=O) groups is 1. The van der Waals surface area contributed by atoms with Gasteiger partial charge in [0.1, 0.15) is 36.6 Å². The summed E-state index contributed by atoms with van der Waals surface area (Å²) in [4.78, 5) is 13.1. The fraction of sp³-hybridized carbons (Fsp3) is 0.983. The van der Waals surface area contributed by atoms with E-state index in [1.54, 1.807) is 0 Å². The molecule has 0 aromatic rings. The van der Waals surface area contributed by atoms with Gasteiger partial charge in [0.25, 0.3) is 0 Å². The number of carbonyl (C=O) groups excluding carboxylic acids is 1. The number of nitrogens with one attached hydrogen (secondary N) is 1. The van der Waals surface area contributed by atoms with E-state index in [2.05, 4.69) is 19.2 Å². The molecule has 9 unspecified atom stereocenters. The van der Waals surface area contributed by atoms with Crippen LogP contribution in [0.2, 0.25) is 0 Å². The van der Waals surface area contributed by atoms with Crippen LogP contribution in [0.4, 0.5) is 0 Å². The van der Waals surface area contributed by atoms with Gasteiger partial charge in [0.2, 0.25) is 5.91 Å². The van der Waals surface area contributed by atoms with Crippen molar-refractivity contribution in [1.82, 2.24) is 5.32 Å². The van der Waals surface area contributed by atoms with Crippen LogP contribution in [0.15, 0.2) is 0 Å². The first kappa shape index (κ1) is 66.1. The molecule has 69 heavy (non-hydrogen) atoms. The lowest BCUT2D eigenvalue weighted by molar-refractivity contribution is -0.303. The van der Waals surface area contributed by atoms with Crippen molar-refractivity contribution in [3.63, 3.8) is 0 Å². The lowest BCUT2D eigenvalue weighted by atomic mass is 9.98. The number of hydrogen-bond donors (Lipinski definition) is 8. The fourth-order valence-electron chi connectivity index (χ4n) is 10.0. The van der Waals surface area contributed by atoms with Gasteiger partial charge in [-0.3, -0.25) is 4.79 Å². The van der Waals surface area contributed by atoms with Crippen molar-refractivity contribution in [3.8, 4) is 0 Å². The Morgan fingerprint density at radius 1 is 0.449 bits per heavy atom. The van der Waals surface area contributed by atoms with E-state index in [0.29, 0.717) is 19.3 Å². The third-order valence-corrected chi connectivity index (χ3v) is 14.9. The molecule has 0 saturated carbocycles. The first-order valence-corrected chi connectivity index (χ1v) is 29.9. The minimum atomic E-state index is -1.66. The molecular formula is C58H115NO10. The number of aliphatic hydroxyl groups is 7. The molecule has 1 amide bonds. The fourth-order valence-corrected chi connectivity index (χ4v) is 10.0. The van der Waals surface area contributed by atoms with E-state index in [1.165, 1.54) is 218 Å². The van der Waals surface area contributed by atoms with Crippen molar-refractivity contribution < 1.29 is 50.0 Å². The summed E-state index contributed by atoms with van der Waals surface area (Å²) in [6, 6.07) is -1.16. The molecule has 0 radical (unpaired) electrons. The molecule has 1 aliphatic rings. The Morgan fingerprint density at radius 3 is 1.07 bits per heavy atom. The van der Waals surface area contributed by atoms with E-state index in [4.69, 9.17) is 9.47 Å². The normalized spacial score (nSPS) is 20.3. The quantitative estimate of drug-likeness (QED) is 0.0272. The number of unbranched alkanes of at least 4 members (excludes halogenated alkanes) is 40. The molecule has 412 valence electrons. The Bertz CT molecular complexity index is 1090. The largest absolute Gasteiger partial charge is 0.394 e. The maximum Gasteiger partial charge on any atom is 0.249 e. The average molecular weight is 987 g/mol. The molecule has 0 bridgehead atoms. The highest BCUT2D eigenvalue weighted by Crippen LogP contribution is 2.24. The zero-order valence-corrected chi connectivity index (χ0v) is 45.1. The SMILES string of the molecule is CCCCCCCCCCCCCCCCCCCCCCCCCCCCCCC(O)C(O)C(COC1OC(CO)C(O)C(O)C1O)NC(=O)C(O)CCCCCCCCCCCCCCCC. The Hall–Kier alpha value is -0.890. The van der Waals surface area contributed by atoms with E-state index in [-0.39, 0.29) is 6.42 Å². The van der Waals surface area contributed by atoms with Crippen molar-refractivity contribution in [2.75, 3.05) is 13.2 Å². The van der Waals surface area contributed by atoms with Crippen LogP contribution in [0.25, 0.3) is 0 Å². The molecule has 8 N–H and O–H groups in total. The molecule has 0 aliphatic carbocycles. The van der Waals surface area contributed by atoms with E-state index < -0.39 is 74.2 Å². The number of aliphatic hydroxyl groups excluding tert-OH is 7. The van der Waals surface area contributed by atoms with E-state index in [9.17, 15) is 40.5 Å². The standard InChI is InChI=1S/C58H115NO10/c1-3-5-7-9-11-13-15-17-19-20-21-22-23-24-25-26-27-28-29-30-31-32-34-35-37-39-41-43-45-50(61)53(63)49(48-68-58-56(66)55(65)54(64)52(47-60)69-58)59-57(67)51(62)46-44-42-40-38-36-33-18-16-14-12-10-8-6-4-2/h49-56,58,60-66H,3-48H2,1-2H3,(H,59,67). The molecule has 1 fully saturated rings. The summed E-state index contributed by atoms with van der Waals surface area (Å²) in [5, 5.41) is 76.1. The minimum absolute atomic E-state index is 0.266. The van der Waals surface area contributed by atoms with Gasteiger partial charge in [0, 0.05) is 0 Å². The van der Waals surface area contributed by atoms with Crippen molar-refractivity contribution in [2.24, 2.45) is 0 Å². The van der Waals surface area contributed by atoms with Gasteiger partial charge >= 0.3 is 0 Å². The van der Waals surface area contributed by atoms with E-state index in [0.717, 1.165) is 38.5 Å². The van der Waals surface area contributed by atoms with Gasteiger partial charge in [0.15, 0.2) is 6.29 Å². The lowest BCUT2D eigenvalue weighted by Gasteiger charge is -2.40. The van der Waals surface area contributed by atoms with Gasteiger partial charge in [-0.2, -0.15) is 0 Å². The molecule has 11 heteroatoms. The second-order valence-corrected chi connectivity index (χ2v) is 21.4. The smallest absolute Gasteiger partial charge is 0.249 e. The Morgan fingerprint density at radius 2 is 0.754 bits per heavy atom. The van der Waals surface area contributed by atoms with Crippen LogP contribution >= 0.6 is 0 Å². The summed E-state index contributed by atoms with van der Waals surface area (Å²) < 4.78 is 11.1. The van der Waals surface area contributed by atoms with Gasteiger partial charge < -0.3 is 50.5 Å². The highest BCUT2D eigenvalue weighted by molar-refractivity contribution is 5.80. The van der Waals surface area contributed by atoms with Crippen LogP contribution in [0.3, 0.4) is 0 Å². The zero-order valence-electron chi connectivity index (χ0n) is 45.1. The van der Waals surface area contributed by atoms with Crippen LogP contribution in [-0.4, -0.2) is 110 Å². The second-order valence-electron chi connectivity index (χ2n) is 21.4. The van der Waals surface area contributed by atoms with Crippen molar-refractivity contribution >= 4 is 5.91 Å². The van der Waals surface area contributed by atoms with E-state index >= 15 is 0 Å². The summed E-state index contributed by atoms with van der Waals surface area (Å²) in [6.45, 7) is 3.49. The molecule has 0 aromatic heterocycles. The highest BCUT2D eigenvalue weighted by Gasteiger charge is 2.44. The predicted octanol–water partition coefficient (Wildman–Crippen LogP) is 12.6. The van der Waals surface area contributed by atoms with Gasteiger partial charge in [-0.1, -0.05) is 284 Å². The summed E-state index contributed by atoms with van der Waals surface area (Å²) in [5.41, 5.74) is 0. The molecule has 0 spiro atoms. The number of hydrogen-bond acceptors (Lipinski definition) is 10. The van der Waals surface area contributed by atoms with Crippen LogP contribution in [0.1, 0.15) is 296 Å². The summed E-state index contributed by atoms with van der Waals surface area (Å²) in [7, 11) is 0. The van der Waals surface area contributed by atoms with Crippen LogP contribution in [0.5, 0.6) is 0 Å². The molecule has 1 rings (SSSR count). The van der Waals surface area contributed by atoms with Crippen LogP contribution in [-0.2, 0) is 14.3 Å². The first-order chi connectivity index (χ1) is 33.7. The van der Waals surface area contributed by atoms with Crippen LogP contribution in [0, 0.1) is 0 Å². The highest BCUT2D eigenvalue weighted by atomic mass is 16.7. The van der Waals surface area contributed by atoms with Gasteiger partial charge in [-0.15, -0.1) is 0 Å². The monoisotopic (exact) mass is 986 g/mol. The summed E-state index contributed by atoms with van der Waals surface area (Å²) in [5.74, 6) is -0.691. The van der Waals surface area contributed by atoms with Crippen LogP contribution < -0.4 is 5.32 Å². The van der Waals surface area contributed by atoms with E-state index in [1.807, 2.05) is 0 Å². The molecule has 1 heterocycles. The summed E-state index contributed by atoms with van der Waals surface area (Å²) >= 11 is 0. The third-order valence-electron chi connectivity index (χ3n) is 14.9. The van der Waals surface area contributed by atoms with Gasteiger partial charge in [-0.05, 0) is 12.8 Å². The molecular weight excluding hydrogens is 871 g/mol. The molecule has 9 atom stereocenters. The zero-order chi connectivity index (χ0) is 50.4. The number of ether oxygens (including phenoxy) is 2. The maximum atomic E-state index is 13.1. The first-order valence-electron chi connectivity index (χ1n) is 29.9. The Balaban J connectivity index is 2.23. The second kappa shape index (κ2) is 48.1. The lowest BCUT2D eigenvalue weighted by Crippen LogP contribution is -2.60. The average Bonchev–Trinajstić information content (AvgIpc) is 3.35. The maximum absolute atomic E-state index is 13.1. The topological polar surface area (TPSA) is 189 Å². The Kier molecular flexibility index (Phi) is 46.1. The molecule has 1 aliphatic heterocycles. The predicted molar refractivity (Wildman–Crippen MR) is 284 cm³/mol. The molecule has 11 nitrogen and oxygen atoms in total. The number of rotatable bonds is 52. The summed E-state index contributed by atoms with van der Waals surface area (Å²) in [6.07, 6.45) is 43.1. The molecule has 1 saturated heterocycles. The van der Waals surface area contributed by atoms with Gasteiger partial charge in [-0.25, -0.2) is 0 Å². The third kappa shape index (κ3) is 36.6. The van der Waals surface area contributed by atoms with Gasteiger partial charge in [0.05, 0.1) is 25.4 Å². The van der Waals surface area contributed by atoms with Crippen molar-refractivity contribution in [3.05, 3.63) is 0 Å². The van der Waals surface area contributed by atoms with Crippen molar-refractivity contribution in [2.45, 2.75) is 351 Å². The Labute approximate surface area is 424 Å².